The van der Waals surface area contributed by atoms with Crippen LogP contribution in [0.4, 0.5) is 5.69 Å². The standard InChI is InChI=1S/C31H39N3O5S/c1-7-39-29-11-9-8-10-28(29)34(40(37,38)27-18-14-24(5)15-19-27)21-30(35)33(25(6)31(36)32-22(2)3)20-26-16-12-23(4)13-17-26/h8-19,22,25H,7,20-21H2,1-6H3,(H,32,36)/t25-/m1/s1. The van der Waals surface area contributed by atoms with Gasteiger partial charge in [-0.1, -0.05) is 59.7 Å². The molecule has 1 atom stereocenters. The van der Waals surface area contributed by atoms with E-state index in [-0.39, 0.29) is 29.1 Å². The molecule has 2 amide bonds. The van der Waals surface area contributed by atoms with Crippen LogP contribution in [0.15, 0.2) is 77.7 Å². The van der Waals surface area contributed by atoms with Gasteiger partial charge in [0.05, 0.1) is 17.2 Å². The predicted molar refractivity (Wildman–Crippen MR) is 158 cm³/mol. The van der Waals surface area contributed by atoms with Crippen molar-refractivity contribution in [3.05, 3.63) is 89.5 Å². The summed E-state index contributed by atoms with van der Waals surface area (Å²) in [5, 5.41) is 2.86. The number of para-hydroxylation sites is 2. The Morgan fingerprint density at radius 3 is 2.02 bits per heavy atom. The molecule has 0 aromatic heterocycles. The van der Waals surface area contributed by atoms with Crippen molar-refractivity contribution < 1.29 is 22.7 Å². The van der Waals surface area contributed by atoms with E-state index < -0.39 is 28.5 Å². The number of anilines is 1. The topological polar surface area (TPSA) is 96.0 Å². The molecule has 1 N–H and O–H groups in total. The second kappa shape index (κ2) is 13.5. The average Bonchev–Trinajstić information content (AvgIpc) is 2.91. The molecule has 40 heavy (non-hydrogen) atoms. The second-order valence-electron chi connectivity index (χ2n) is 10.1. The summed E-state index contributed by atoms with van der Waals surface area (Å²) in [6, 6.07) is 19.9. The Hall–Kier alpha value is -3.85. The van der Waals surface area contributed by atoms with Gasteiger partial charge in [-0.05, 0) is 71.4 Å². The molecule has 0 bridgehead atoms. The lowest BCUT2D eigenvalue weighted by Gasteiger charge is -2.32. The number of hydrogen-bond donors (Lipinski definition) is 1. The zero-order valence-electron chi connectivity index (χ0n) is 24.0. The van der Waals surface area contributed by atoms with E-state index in [4.69, 9.17) is 4.74 Å². The van der Waals surface area contributed by atoms with Crippen LogP contribution in [-0.2, 0) is 26.2 Å². The Bertz CT molecular complexity index is 1400. The zero-order valence-corrected chi connectivity index (χ0v) is 24.9. The van der Waals surface area contributed by atoms with Crippen molar-refractivity contribution in [1.82, 2.24) is 10.2 Å². The van der Waals surface area contributed by atoms with Crippen LogP contribution < -0.4 is 14.4 Å². The van der Waals surface area contributed by atoms with Crippen LogP contribution in [0, 0.1) is 13.8 Å². The summed E-state index contributed by atoms with van der Waals surface area (Å²) in [7, 11) is -4.18. The maximum Gasteiger partial charge on any atom is 0.264 e. The van der Waals surface area contributed by atoms with E-state index in [1.165, 1.54) is 17.0 Å². The average molecular weight is 566 g/mol. The van der Waals surface area contributed by atoms with Gasteiger partial charge >= 0.3 is 0 Å². The summed E-state index contributed by atoms with van der Waals surface area (Å²) in [6.45, 7) is 10.9. The molecule has 3 rings (SSSR count). The minimum Gasteiger partial charge on any atom is -0.492 e. The lowest BCUT2D eigenvalue weighted by molar-refractivity contribution is -0.139. The van der Waals surface area contributed by atoms with Crippen molar-refractivity contribution in [3.8, 4) is 5.75 Å². The van der Waals surface area contributed by atoms with Gasteiger partial charge in [-0.2, -0.15) is 0 Å². The molecule has 0 fully saturated rings. The number of benzene rings is 3. The number of nitrogens with one attached hydrogen (secondary N) is 1. The normalized spacial score (nSPS) is 12.1. The van der Waals surface area contributed by atoms with Gasteiger partial charge in [0, 0.05) is 12.6 Å². The number of carbonyl (C=O) groups is 2. The first kappa shape index (κ1) is 30.7. The van der Waals surface area contributed by atoms with Crippen molar-refractivity contribution in [2.24, 2.45) is 0 Å². The SMILES string of the molecule is CCOc1ccccc1N(CC(=O)N(Cc1ccc(C)cc1)[C@H](C)C(=O)NC(C)C)S(=O)(=O)c1ccc(C)cc1. The quantitative estimate of drug-likeness (QED) is 0.339. The van der Waals surface area contributed by atoms with Gasteiger partial charge in [0.25, 0.3) is 10.0 Å². The molecule has 0 aliphatic carbocycles. The number of amides is 2. The highest BCUT2D eigenvalue weighted by Crippen LogP contribution is 2.33. The van der Waals surface area contributed by atoms with Crippen LogP contribution >= 0.6 is 0 Å². The highest BCUT2D eigenvalue weighted by Gasteiger charge is 2.33. The van der Waals surface area contributed by atoms with E-state index in [0.29, 0.717) is 12.4 Å². The maximum absolute atomic E-state index is 14.0. The molecule has 8 nitrogen and oxygen atoms in total. The molecule has 0 unspecified atom stereocenters. The highest BCUT2D eigenvalue weighted by molar-refractivity contribution is 7.92. The van der Waals surface area contributed by atoms with Crippen molar-refractivity contribution in [2.75, 3.05) is 17.5 Å². The fourth-order valence-corrected chi connectivity index (χ4v) is 5.59. The fourth-order valence-electron chi connectivity index (χ4n) is 4.17. The smallest absolute Gasteiger partial charge is 0.264 e. The Labute approximate surface area is 238 Å². The predicted octanol–water partition coefficient (Wildman–Crippen LogP) is 4.84. The first-order valence-corrected chi connectivity index (χ1v) is 14.8. The molecule has 9 heteroatoms. The molecule has 0 aliphatic heterocycles. The van der Waals surface area contributed by atoms with Crippen LogP contribution in [-0.4, -0.2) is 50.4 Å². The van der Waals surface area contributed by atoms with Crippen LogP contribution in [0.5, 0.6) is 5.75 Å². The molecule has 0 saturated heterocycles. The summed E-state index contributed by atoms with van der Waals surface area (Å²) in [6.07, 6.45) is 0. The number of nitrogens with zero attached hydrogens (tertiary/aromatic N) is 2. The number of sulfonamides is 1. The largest absolute Gasteiger partial charge is 0.492 e. The second-order valence-corrected chi connectivity index (χ2v) is 11.9. The van der Waals surface area contributed by atoms with Crippen LogP contribution in [0.3, 0.4) is 0 Å². The molecule has 3 aromatic rings. The number of carbonyl (C=O) groups excluding carboxylic acids is 2. The van der Waals surface area contributed by atoms with Gasteiger partial charge in [0.2, 0.25) is 11.8 Å². The summed E-state index contributed by atoms with van der Waals surface area (Å²) in [4.78, 5) is 28.5. The summed E-state index contributed by atoms with van der Waals surface area (Å²) >= 11 is 0. The molecule has 0 radical (unpaired) electrons. The number of aryl methyl sites for hydroxylation is 2. The highest BCUT2D eigenvalue weighted by atomic mass is 32.2. The summed E-state index contributed by atoms with van der Waals surface area (Å²) in [5.41, 5.74) is 3.04. The van der Waals surface area contributed by atoms with Crippen LogP contribution in [0.1, 0.15) is 44.4 Å². The molecular formula is C31H39N3O5S. The summed E-state index contributed by atoms with van der Waals surface area (Å²) in [5.74, 6) is -0.503. The van der Waals surface area contributed by atoms with Crippen LogP contribution in [0.2, 0.25) is 0 Å². The molecular weight excluding hydrogens is 526 g/mol. The van der Waals surface area contributed by atoms with Crippen molar-refractivity contribution in [2.45, 2.75) is 65.1 Å². The van der Waals surface area contributed by atoms with Gasteiger partial charge in [-0.25, -0.2) is 8.42 Å². The van der Waals surface area contributed by atoms with E-state index in [9.17, 15) is 18.0 Å². The van der Waals surface area contributed by atoms with Crippen LogP contribution in [0.25, 0.3) is 0 Å². The van der Waals surface area contributed by atoms with Crippen molar-refractivity contribution in [1.29, 1.82) is 0 Å². The van der Waals surface area contributed by atoms with E-state index in [1.54, 1.807) is 50.2 Å². The van der Waals surface area contributed by atoms with Crippen molar-refractivity contribution >= 4 is 27.5 Å². The third-order valence-electron chi connectivity index (χ3n) is 6.39. The number of hydrogen-bond acceptors (Lipinski definition) is 5. The first-order valence-electron chi connectivity index (χ1n) is 13.4. The Morgan fingerprint density at radius 1 is 0.875 bits per heavy atom. The molecule has 214 valence electrons. The number of rotatable bonds is 12. The Kier molecular flexibility index (Phi) is 10.3. The van der Waals surface area contributed by atoms with E-state index >= 15 is 0 Å². The minimum absolute atomic E-state index is 0.0490. The monoisotopic (exact) mass is 565 g/mol. The minimum atomic E-state index is -4.18. The van der Waals surface area contributed by atoms with E-state index in [0.717, 1.165) is 21.0 Å². The molecule has 0 saturated carbocycles. The van der Waals surface area contributed by atoms with E-state index in [1.807, 2.05) is 52.0 Å². The van der Waals surface area contributed by atoms with Gasteiger partial charge < -0.3 is 15.0 Å². The van der Waals surface area contributed by atoms with Gasteiger partial charge in [0.1, 0.15) is 18.3 Å². The lowest BCUT2D eigenvalue weighted by atomic mass is 10.1. The summed E-state index contributed by atoms with van der Waals surface area (Å²) < 4.78 is 34.9. The molecule has 3 aromatic carbocycles. The third kappa shape index (κ3) is 7.63. The number of ether oxygens (including phenoxy) is 1. The van der Waals surface area contributed by atoms with Gasteiger partial charge in [-0.15, -0.1) is 0 Å². The molecule has 0 aliphatic rings. The first-order chi connectivity index (χ1) is 18.9. The maximum atomic E-state index is 14.0. The van der Waals surface area contributed by atoms with E-state index in [2.05, 4.69) is 5.32 Å². The molecule has 0 spiro atoms. The third-order valence-corrected chi connectivity index (χ3v) is 8.17. The Morgan fingerprint density at radius 2 is 1.45 bits per heavy atom. The van der Waals surface area contributed by atoms with Gasteiger partial charge in [-0.3, -0.25) is 13.9 Å². The Balaban J connectivity index is 2.08. The zero-order chi connectivity index (χ0) is 29.4. The fraction of sp³-hybridized carbons (Fsp3) is 0.355. The molecule has 0 heterocycles. The van der Waals surface area contributed by atoms with Crippen molar-refractivity contribution in [3.63, 3.8) is 0 Å². The lowest BCUT2D eigenvalue weighted by Crippen LogP contribution is -2.52. The van der Waals surface area contributed by atoms with Gasteiger partial charge in [0.15, 0.2) is 0 Å².